The molecule has 6 nitrogen and oxygen atoms in total. The van der Waals surface area contributed by atoms with Crippen molar-refractivity contribution in [2.75, 3.05) is 6.54 Å². The molecule has 6 saturated carbocycles. The molecule has 6 fully saturated rings. The third-order valence-electron chi connectivity index (χ3n) is 17.5. The van der Waals surface area contributed by atoms with Gasteiger partial charge in [0.1, 0.15) is 11.9 Å². The minimum absolute atomic E-state index is 0.0458. The second kappa shape index (κ2) is 13.0. The molecule has 0 aromatic carbocycles. The monoisotopic (exact) mass is 694 g/mol. The fraction of sp³-hybridized carbons (Fsp3) is 0.886. The molecule has 0 heterocycles. The van der Waals surface area contributed by atoms with Crippen LogP contribution in [0.2, 0.25) is 0 Å². The lowest BCUT2D eigenvalue weighted by atomic mass is 9.32. The molecule has 282 valence electrons. The Hall–Kier alpha value is -1.69. The number of ketones is 1. The number of carboxylic acid groups (broad SMARTS) is 1. The van der Waals surface area contributed by atoms with Gasteiger partial charge in [0.2, 0.25) is 0 Å². The number of ether oxygens (including phenoxy) is 1. The first-order valence-corrected chi connectivity index (χ1v) is 20.5. The van der Waals surface area contributed by atoms with Crippen molar-refractivity contribution in [3.63, 3.8) is 0 Å². The number of carbonyl (C=O) groups is 3. The van der Waals surface area contributed by atoms with E-state index >= 15 is 0 Å². The molecule has 0 saturated heterocycles. The number of carbonyl (C=O) groups excluding carboxylic acids is 2. The van der Waals surface area contributed by atoms with Gasteiger partial charge in [-0.15, -0.1) is 0 Å². The molecule has 6 heteroatoms. The van der Waals surface area contributed by atoms with Gasteiger partial charge in [0, 0.05) is 17.3 Å². The number of rotatable bonds is 10. The number of allylic oxidation sites excluding steroid dienone is 1. The summed E-state index contributed by atoms with van der Waals surface area (Å²) in [5.41, 5.74) is 6.90. The van der Waals surface area contributed by atoms with Gasteiger partial charge in [0.25, 0.3) is 0 Å². The molecular weight excluding hydrogens is 622 g/mol. The second-order valence-corrected chi connectivity index (χ2v) is 21.0. The maximum atomic E-state index is 14.7. The van der Waals surface area contributed by atoms with Crippen LogP contribution in [0.15, 0.2) is 12.2 Å². The van der Waals surface area contributed by atoms with Crippen molar-refractivity contribution in [2.24, 2.45) is 79.6 Å². The normalized spacial score (nSPS) is 45.1. The number of carboxylic acids is 1. The Labute approximate surface area is 303 Å². The highest BCUT2D eigenvalue weighted by Gasteiger charge is 2.72. The van der Waals surface area contributed by atoms with Crippen LogP contribution in [0.5, 0.6) is 0 Å². The Balaban J connectivity index is 1.23. The van der Waals surface area contributed by atoms with Crippen molar-refractivity contribution < 1.29 is 24.2 Å². The summed E-state index contributed by atoms with van der Waals surface area (Å²) >= 11 is 0. The molecule has 0 amide bonds. The Morgan fingerprint density at radius 1 is 0.820 bits per heavy atom. The number of esters is 1. The van der Waals surface area contributed by atoms with E-state index in [9.17, 15) is 19.5 Å². The maximum Gasteiger partial charge on any atom is 0.306 e. The van der Waals surface area contributed by atoms with E-state index < -0.39 is 11.4 Å². The summed E-state index contributed by atoms with van der Waals surface area (Å²) in [7, 11) is 0. The van der Waals surface area contributed by atoms with Crippen LogP contribution >= 0.6 is 0 Å². The lowest BCUT2D eigenvalue weighted by Crippen LogP contribution is -2.67. The number of hydrogen-bond acceptors (Lipinski definition) is 5. The molecule has 12 atom stereocenters. The van der Waals surface area contributed by atoms with E-state index in [0.29, 0.717) is 47.2 Å². The zero-order valence-electron chi connectivity index (χ0n) is 33.0. The molecule has 3 N–H and O–H groups in total. The molecule has 1 unspecified atom stereocenters. The van der Waals surface area contributed by atoms with E-state index in [-0.39, 0.29) is 52.0 Å². The summed E-state index contributed by atoms with van der Waals surface area (Å²) in [5.74, 6) is 3.01. The fourth-order valence-electron chi connectivity index (χ4n) is 14.9. The molecule has 0 aromatic rings. The van der Waals surface area contributed by atoms with Crippen LogP contribution < -0.4 is 5.73 Å². The number of hydrogen-bond donors (Lipinski definition) is 2. The molecule has 6 aliphatic rings. The lowest BCUT2D eigenvalue weighted by molar-refractivity contribution is -0.249. The molecule has 0 spiro atoms. The van der Waals surface area contributed by atoms with Gasteiger partial charge < -0.3 is 15.6 Å². The van der Waals surface area contributed by atoms with Crippen molar-refractivity contribution in [3.05, 3.63) is 12.2 Å². The van der Waals surface area contributed by atoms with Gasteiger partial charge in [-0.05, 0) is 160 Å². The van der Waals surface area contributed by atoms with Crippen molar-refractivity contribution in [1.82, 2.24) is 0 Å². The standard InChI is InChI=1S/C44H71NO5/c1-27(2)30-14-19-44(34(46)23-28-10-11-29(22-28)26-45)21-20-42(8)31(38(30)44)12-13-33-41(7)17-16-35(40(5,6)32(41)15-18-43(33,42)9)50-37(49)25-39(3,4)24-36(47)48/h28-33,35,38H,1,10-26,45H2,2-9H3,(H,47,48)/t28-,29?,30+,31-,32+,33-,35+,38-,41+,42-,43-,44-/m1/s1. The average Bonchev–Trinajstić information content (AvgIpc) is 3.63. The molecule has 6 aliphatic carbocycles. The highest BCUT2D eigenvalue weighted by Crippen LogP contribution is 2.78. The van der Waals surface area contributed by atoms with Crippen LogP contribution in [0.1, 0.15) is 158 Å². The van der Waals surface area contributed by atoms with Gasteiger partial charge in [0.05, 0.1) is 12.8 Å². The predicted molar refractivity (Wildman–Crippen MR) is 199 cm³/mol. The summed E-state index contributed by atoms with van der Waals surface area (Å²) in [6.07, 6.45) is 15.2. The third kappa shape index (κ3) is 5.96. The van der Waals surface area contributed by atoms with E-state index in [4.69, 9.17) is 10.5 Å². The largest absolute Gasteiger partial charge is 0.481 e. The number of nitrogens with two attached hydrogens (primary N) is 1. The average molecular weight is 694 g/mol. The summed E-state index contributed by atoms with van der Waals surface area (Å²) in [4.78, 5) is 39.3. The van der Waals surface area contributed by atoms with Crippen LogP contribution in [-0.4, -0.2) is 35.5 Å². The zero-order chi connectivity index (χ0) is 36.7. The fourth-order valence-corrected chi connectivity index (χ4v) is 14.9. The number of fused-ring (bicyclic) bond motifs is 7. The van der Waals surface area contributed by atoms with Crippen molar-refractivity contribution in [2.45, 2.75) is 164 Å². The first kappa shape index (κ1) is 38.0. The number of aliphatic carboxylic acids is 1. The van der Waals surface area contributed by atoms with Crippen LogP contribution in [0.25, 0.3) is 0 Å². The highest BCUT2D eigenvalue weighted by atomic mass is 16.5. The van der Waals surface area contributed by atoms with Crippen LogP contribution in [0.3, 0.4) is 0 Å². The van der Waals surface area contributed by atoms with Crippen molar-refractivity contribution in [1.29, 1.82) is 0 Å². The van der Waals surface area contributed by atoms with Gasteiger partial charge in [-0.2, -0.15) is 0 Å². The molecule has 0 bridgehead atoms. The lowest BCUT2D eigenvalue weighted by Gasteiger charge is -2.73. The first-order valence-electron chi connectivity index (χ1n) is 20.5. The SMILES string of the molecule is C=C(C)[C@@H]1CC[C@]2(C(=O)C[C@@H]3CCC(CN)C3)CC[C@]3(C)[C@H](CC[C@@H]4[C@@]5(C)CC[C@H](OC(=O)CC(C)(C)CC(=O)O)C(C)(C)[C@@H]5CC[C@]43C)[C@@H]12. The highest BCUT2D eigenvalue weighted by molar-refractivity contribution is 5.86. The zero-order valence-corrected chi connectivity index (χ0v) is 33.0. The predicted octanol–water partition coefficient (Wildman–Crippen LogP) is 9.78. The number of Topliss-reactive ketones (excluding diaryl/α,β-unsaturated/α-hetero) is 1. The van der Waals surface area contributed by atoms with Gasteiger partial charge in [-0.25, -0.2) is 0 Å². The van der Waals surface area contributed by atoms with Gasteiger partial charge in [0.15, 0.2) is 0 Å². The summed E-state index contributed by atoms with van der Waals surface area (Å²) < 4.78 is 6.28. The van der Waals surface area contributed by atoms with E-state index in [2.05, 4.69) is 48.1 Å². The summed E-state index contributed by atoms with van der Waals surface area (Å²) in [6, 6.07) is 0. The van der Waals surface area contributed by atoms with Crippen LogP contribution in [-0.2, 0) is 19.1 Å². The van der Waals surface area contributed by atoms with E-state index in [1.54, 1.807) is 0 Å². The summed E-state index contributed by atoms with van der Waals surface area (Å²) in [5, 5.41) is 9.34. The minimum atomic E-state index is -0.881. The van der Waals surface area contributed by atoms with E-state index in [1.165, 1.54) is 31.3 Å². The van der Waals surface area contributed by atoms with Crippen LogP contribution in [0, 0.1) is 73.9 Å². The molecule has 0 aromatic heterocycles. The van der Waals surface area contributed by atoms with Gasteiger partial charge in [-0.1, -0.05) is 60.6 Å². The molecule has 0 aliphatic heterocycles. The maximum absolute atomic E-state index is 14.7. The van der Waals surface area contributed by atoms with E-state index in [0.717, 1.165) is 70.8 Å². The quantitative estimate of drug-likeness (QED) is 0.174. The second-order valence-electron chi connectivity index (χ2n) is 21.0. The molecule has 50 heavy (non-hydrogen) atoms. The Morgan fingerprint density at radius 2 is 1.52 bits per heavy atom. The van der Waals surface area contributed by atoms with Gasteiger partial charge in [-0.3, -0.25) is 14.4 Å². The molecular formula is C44H71NO5. The minimum Gasteiger partial charge on any atom is -0.481 e. The topological polar surface area (TPSA) is 107 Å². The Bertz CT molecular complexity index is 1370. The summed E-state index contributed by atoms with van der Waals surface area (Å²) in [6.45, 7) is 23.8. The molecule has 0 radical (unpaired) electrons. The van der Waals surface area contributed by atoms with Crippen molar-refractivity contribution >= 4 is 17.7 Å². The Kier molecular flexibility index (Phi) is 9.90. The van der Waals surface area contributed by atoms with Crippen molar-refractivity contribution in [3.8, 4) is 0 Å². The van der Waals surface area contributed by atoms with E-state index in [1.807, 2.05) is 13.8 Å². The smallest absolute Gasteiger partial charge is 0.306 e. The molecule has 6 rings (SSSR count). The van der Waals surface area contributed by atoms with Gasteiger partial charge >= 0.3 is 11.9 Å². The van der Waals surface area contributed by atoms with Crippen LogP contribution in [0.4, 0.5) is 0 Å². The Morgan fingerprint density at radius 3 is 2.16 bits per heavy atom. The third-order valence-corrected chi connectivity index (χ3v) is 17.5. The first-order chi connectivity index (χ1) is 23.2.